The molecule has 0 amide bonds. The fourth-order valence-electron chi connectivity index (χ4n) is 3.66. The van der Waals surface area contributed by atoms with Gasteiger partial charge in [-0.1, -0.05) is 77.8 Å². The fourth-order valence-corrected chi connectivity index (χ4v) is 3.95. The van der Waals surface area contributed by atoms with E-state index in [0.717, 1.165) is 35.7 Å². The summed E-state index contributed by atoms with van der Waals surface area (Å²) in [5, 5.41) is 9.41. The van der Waals surface area contributed by atoms with Crippen LogP contribution in [0.15, 0.2) is 72.8 Å². The third-order valence-electron chi connectivity index (χ3n) is 5.06. The largest absolute Gasteiger partial charge is 0.369 e. The molecule has 0 aliphatic carbocycles. The molecule has 0 bridgehead atoms. The van der Waals surface area contributed by atoms with Crippen molar-refractivity contribution in [1.29, 1.82) is 0 Å². The average molecular weight is 406 g/mol. The number of anilines is 1. The van der Waals surface area contributed by atoms with Gasteiger partial charge >= 0.3 is 0 Å². The van der Waals surface area contributed by atoms with Crippen molar-refractivity contribution in [3.8, 4) is 28.1 Å². The molecule has 1 aromatic heterocycles. The average Bonchev–Trinajstić information content (AvgIpc) is 3.34. The molecule has 0 saturated carbocycles. The highest BCUT2D eigenvalue weighted by molar-refractivity contribution is 6.42. The summed E-state index contributed by atoms with van der Waals surface area (Å²) in [5.41, 5.74) is 6.65. The molecule has 0 spiro atoms. The summed E-state index contributed by atoms with van der Waals surface area (Å²) < 4.78 is 1.92. The molecule has 28 heavy (non-hydrogen) atoms. The minimum atomic E-state index is 0.523. The van der Waals surface area contributed by atoms with E-state index >= 15 is 0 Å². The van der Waals surface area contributed by atoms with Crippen LogP contribution in [0.5, 0.6) is 0 Å². The molecule has 138 valence electrons. The van der Waals surface area contributed by atoms with E-state index in [1.807, 2.05) is 22.9 Å². The van der Waals surface area contributed by atoms with Crippen LogP contribution in [0.25, 0.3) is 28.1 Å². The first-order chi connectivity index (χ1) is 13.7. The van der Waals surface area contributed by atoms with Gasteiger partial charge in [0.1, 0.15) is 5.82 Å². The Labute approximate surface area is 173 Å². The molecule has 1 N–H and O–H groups in total. The van der Waals surface area contributed by atoms with E-state index in [0.29, 0.717) is 10.0 Å². The third-order valence-corrected chi connectivity index (χ3v) is 5.80. The summed E-state index contributed by atoms with van der Waals surface area (Å²) in [6.07, 6.45) is 0.951. The maximum atomic E-state index is 6.22. The van der Waals surface area contributed by atoms with Crippen LogP contribution in [0.4, 0.5) is 5.82 Å². The molecule has 4 aromatic rings. The summed E-state index contributed by atoms with van der Waals surface area (Å²) in [6.45, 7) is 0.906. The Morgan fingerprint density at radius 1 is 0.786 bits per heavy atom. The van der Waals surface area contributed by atoms with Gasteiger partial charge in [0.15, 0.2) is 0 Å². The molecule has 1 aliphatic rings. The van der Waals surface area contributed by atoms with Gasteiger partial charge in [0.25, 0.3) is 0 Å². The zero-order valence-corrected chi connectivity index (χ0v) is 16.5. The van der Waals surface area contributed by atoms with E-state index in [1.54, 1.807) is 6.07 Å². The SMILES string of the molecule is Clc1ccc(-n2nc(-c3ccc(-c4ccccc4)cc3)c3c2NCC3)cc1Cl. The molecule has 0 radical (unpaired) electrons. The molecule has 1 aliphatic heterocycles. The first-order valence-electron chi connectivity index (χ1n) is 9.18. The molecule has 0 fully saturated rings. The second kappa shape index (κ2) is 7.01. The van der Waals surface area contributed by atoms with Crippen LogP contribution >= 0.6 is 23.2 Å². The molecule has 0 saturated heterocycles. The summed E-state index contributed by atoms with van der Waals surface area (Å²) in [7, 11) is 0. The number of halogens is 2. The van der Waals surface area contributed by atoms with Gasteiger partial charge in [-0.05, 0) is 35.7 Å². The van der Waals surface area contributed by atoms with E-state index in [2.05, 4.69) is 53.8 Å². The zero-order valence-electron chi connectivity index (χ0n) is 15.0. The molecular formula is C23H17Cl2N3. The normalized spacial score (nSPS) is 12.6. The standard InChI is InChI=1S/C23H17Cl2N3/c24-20-11-10-18(14-21(20)25)28-23-19(12-13-26-23)22(27-28)17-8-6-16(7-9-17)15-4-2-1-3-5-15/h1-11,14,26H,12-13H2. The van der Waals surface area contributed by atoms with E-state index in [1.165, 1.54) is 16.7 Å². The predicted octanol–water partition coefficient (Wildman–Crippen LogP) is 6.48. The van der Waals surface area contributed by atoms with Crippen LogP contribution < -0.4 is 5.32 Å². The molecule has 2 heterocycles. The molecule has 5 heteroatoms. The molecule has 3 nitrogen and oxygen atoms in total. The van der Waals surface area contributed by atoms with Crippen LogP contribution in [0.2, 0.25) is 10.0 Å². The Kier molecular flexibility index (Phi) is 4.34. The summed E-state index contributed by atoms with van der Waals surface area (Å²) in [5.74, 6) is 1.03. The van der Waals surface area contributed by atoms with Gasteiger partial charge in [-0.2, -0.15) is 5.10 Å². The lowest BCUT2D eigenvalue weighted by atomic mass is 10.0. The highest BCUT2D eigenvalue weighted by Gasteiger charge is 2.24. The van der Waals surface area contributed by atoms with Gasteiger partial charge in [0.2, 0.25) is 0 Å². The maximum absolute atomic E-state index is 6.22. The lowest BCUT2D eigenvalue weighted by Crippen LogP contribution is -2.04. The molecular weight excluding hydrogens is 389 g/mol. The van der Waals surface area contributed by atoms with Crippen molar-refractivity contribution in [2.24, 2.45) is 0 Å². The van der Waals surface area contributed by atoms with Crippen molar-refractivity contribution in [3.05, 3.63) is 88.4 Å². The van der Waals surface area contributed by atoms with Gasteiger partial charge in [-0.15, -0.1) is 0 Å². The lowest BCUT2D eigenvalue weighted by Gasteiger charge is -2.07. The van der Waals surface area contributed by atoms with E-state index in [9.17, 15) is 0 Å². The zero-order chi connectivity index (χ0) is 19.1. The van der Waals surface area contributed by atoms with Gasteiger partial charge in [0.05, 0.1) is 21.4 Å². The van der Waals surface area contributed by atoms with Crippen LogP contribution in [-0.4, -0.2) is 16.3 Å². The van der Waals surface area contributed by atoms with Crippen molar-refractivity contribution in [2.45, 2.75) is 6.42 Å². The van der Waals surface area contributed by atoms with Crippen LogP contribution in [-0.2, 0) is 6.42 Å². The van der Waals surface area contributed by atoms with Crippen LogP contribution in [0.1, 0.15) is 5.56 Å². The Bertz CT molecular complexity index is 1150. The fraction of sp³-hybridized carbons (Fsp3) is 0.0870. The number of nitrogens with one attached hydrogen (secondary N) is 1. The molecule has 3 aromatic carbocycles. The Morgan fingerprint density at radius 3 is 2.25 bits per heavy atom. The van der Waals surface area contributed by atoms with E-state index in [4.69, 9.17) is 28.3 Å². The van der Waals surface area contributed by atoms with Crippen molar-refractivity contribution < 1.29 is 0 Å². The first kappa shape index (κ1) is 17.4. The Balaban J connectivity index is 1.57. The topological polar surface area (TPSA) is 29.9 Å². The summed E-state index contributed by atoms with van der Waals surface area (Å²) >= 11 is 12.3. The highest BCUT2D eigenvalue weighted by Crippen LogP contribution is 2.36. The summed E-state index contributed by atoms with van der Waals surface area (Å²) in [4.78, 5) is 0. The van der Waals surface area contributed by atoms with Gasteiger partial charge in [-0.3, -0.25) is 0 Å². The number of hydrogen-bond donors (Lipinski definition) is 1. The van der Waals surface area contributed by atoms with Crippen molar-refractivity contribution >= 4 is 29.0 Å². The number of fused-ring (bicyclic) bond motifs is 1. The second-order valence-electron chi connectivity index (χ2n) is 6.81. The Hall–Kier alpha value is -2.75. The maximum Gasteiger partial charge on any atom is 0.133 e. The summed E-state index contributed by atoms with van der Waals surface area (Å²) in [6, 6.07) is 24.6. The first-order valence-corrected chi connectivity index (χ1v) is 9.93. The lowest BCUT2D eigenvalue weighted by molar-refractivity contribution is 0.882. The smallest absolute Gasteiger partial charge is 0.133 e. The van der Waals surface area contributed by atoms with Crippen molar-refractivity contribution in [2.75, 3.05) is 11.9 Å². The molecule has 0 unspecified atom stereocenters. The van der Waals surface area contributed by atoms with E-state index < -0.39 is 0 Å². The second-order valence-corrected chi connectivity index (χ2v) is 7.62. The third kappa shape index (κ3) is 2.97. The molecule has 5 rings (SSSR count). The van der Waals surface area contributed by atoms with Crippen LogP contribution in [0.3, 0.4) is 0 Å². The predicted molar refractivity (Wildman–Crippen MR) is 117 cm³/mol. The van der Waals surface area contributed by atoms with Gasteiger partial charge in [-0.25, -0.2) is 4.68 Å². The van der Waals surface area contributed by atoms with Crippen molar-refractivity contribution in [1.82, 2.24) is 9.78 Å². The van der Waals surface area contributed by atoms with E-state index in [-0.39, 0.29) is 0 Å². The number of nitrogens with zero attached hydrogens (tertiary/aromatic N) is 2. The van der Waals surface area contributed by atoms with Crippen LogP contribution in [0, 0.1) is 0 Å². The minimum absolute atomic E-state index is 0.523. The van der Waals surface area contributed by atoms with Gasteiger partial charge in [0, 0.05) is 17.7 Å². The van der Waals surface area contributed by atoms with Gasteiger partial charge < -0.3 is 5.32 Å². The quantitative estimate of drug-likeness (QED) is 0.422. The molecule has 0 atom stereocenters. The number of rotatable bonds is 3. The number of hydrogen-bond acceptors (Lipinski definition) is 2. The highest BCUT2D eigenvalue weighted by atomic mass is 35.5. The number of benzene rings is 3. The monoisotopic (exact) mass is 405 g/mol. The van der Waals surface area contributed by atoms with Crippen molar-refractivity contribution in [3.63, 3.8) is 0 Å². The minimum Gasteiger partial charge on any atom is -0.369 e. The number of aromatic nitrogens is 2. The Morgan fingerprint density at radius 2 is 1.50 bits per heavy atom.